The molecule has 106 valence electrons. The first-order chi connectivity index (χ1) is 10.1. The predicted molar refractivity (Wildman–Crippen MR) is 94.1 cm³/mol. The van der Waals surface area contributed by atoms with Gasteiger partial charge in [0.25, 0.3) is 5.91 Å². The van der Waals surface area contributed by atoms with Gasteiger partial charge in [-0.25, -0.2) is 0 Å². The SMILES string of the molecule is CC(C)N1C(=O)/C(=C/c2cccc3ccccc23)SC1=S. The Morgan fingerprint density at radius 3 is 2.57 bits per heavy atom. The second kappa shape index (κ2) is 5.62. The van der Waals surface area contributed by atoms with Gasteiger partial charge in [-0.15, -0.1) is 0 Å². The molecular formula is C17H15NOS2. The molecule has 1 fully saturated rings. The van der Waals surface area contributed by atoms with Crippen molar-refractivity contribution >= 4 is 51.1 Å². The molecule has 1 aliphatic heterocycles. The molecule has 0 aromatic heterocycles. The first kappa shape index (κ1) is 14.3. The molecule has 0 saturated carbocycles. The fourth-order valence-electron chi connectivity index (χ4n) is 2.44. The molecule has 1 heterocycles. The summed E-state index contributed by atoms with van der Waals surface area (Å²) in [6.07, 6.45) is 1.95. The summed E-state index contributed by atoms with van der Waals surface area (Å²) in [5.41, 5.74) is 1.05. The van der Waals surface area contributed by atoms with Gasteiger partial charge in [-0.05, 0) is 36.3 Å². The number of hydrogen-bond acceptors (Lipinski definition) is 3. The zero-order chi connectivity index (χ0) is 15.0. The quantitative estimate of drug-likeness (QED) is 0.603. The van der Waals surface area contributed by atoms with Crippen LogP contribution in [0.4, 0.5) is 0 Å². The van der Waals surface area contributed by atoms with E-state index in [0.717, 1.165) is 10.9 Å². The van der Waals surface area contributed by atoms with Crippen molar-refractivity contribution in [3.63, 3.8) is 0 Å². The van der Waals surface area contributed by atoms with E-state index in [-0.39, 0.29) is 11.9 Å². The number of hydrogen-bond donors (Lipinski definition) is 0. The largest absolute Gasteiger partial charge is 0.290 e. The van der Waals surface area contributed by atoms with Gasteiger partial charge in [-0.1, -0.05) is 66.4 Å². The lowest BCUT2D eigenvalue weighted by molar-refractivity contribution is -0.123. The van der Waals surface area contributed by atoms with E-state index in [1.165, 1.54) is 17.1 Å². The van der Waals surface area contributed by atoms with Crippen LogP contribution in [-0.2, 0) is 4.79 Å². The fourth-order valence-corrected chi connectivity index (χ4v) is 3.96. The molecule has 0 spiro atoms. The van der Waals surface area contributed by atoms with Crippen LogP contribution in [0.25, 0.3) is 16.8 Å². The van der Waals surface area contributed by atoms with Crippen molar-refractivity contribution in [1.29, 1.82) is 0 Å². The molecule has 0 bridgehead atoms. The van der Waals surface area contributed by atoms with Crippen molar-refractivity contribution < 1.29 is 4.79 Å². The van der Waals surface area contributed by atoms with Crippen LogP contribution in [0.5, 0.6) is 0 Å². The first-order valence-corrected chi connectivity index (χ1v) is 8.05. The zero-order valence-electron chi connectivity index (χ0n) is 11.9. The van der Waals surface area contributed by atoms with Crippen LogP contribution in [0.2, 0.25) is 0 Å². The summed E-state index contributed by atoms with van der Waals surface area (Å²) < 4.78 is 0.640. The first-order valence-electron chi connectivity index (χ1n) is 6.83. The van der Waals surface area contributed by atoms with Crippen LogP contribution in [-0.4, -0.2) is 21.2 Å². The van der Waals surface area contributed by atoms with E-state index >= 15 is 0 Å². The topological polar surface area (TPSA) is 20.3 Å². The number of fused-ring (bicyclic) bond motifs is 1. The molecule has 4 heteroatoms. The van der Waals surface area contributed by atoms with E-state index in [9.17, 15) is 4.79 Å². The van der Waals surface area contributed by atoms with E-state index < -0.39 is 0 Å². The molecule has 3 rings (SSSR count). The maximum Gasteiger partial charge on any atom is 0.266 e. The van der Waals surface area contributed by atoms with Crippen molar-refractivity contribution in [2.45, 2.75) is 19.9 Å². The third-order valence-corrected chi connectivity index (χ3v) is 4.78. The summed E-state index contributed by atoms with van der Waals surface area (Å²) in [4.78, 5) is 14.8. The molecule has 0 unspecified atom stereocenters. The highest BCUT2D eigenvalue weighted by Crippen LogP contribution is 2.34. The van der Waals surface area contributed by atoms with E-state index in [4.69, 9.17) is 12.2 Å². The lowest BCUT2D eigenvalue weighted by Gasteiger charge is -2.18. The summed E-state index contributed by atoms with van der Waals surface area (Å²) >= 11 is 6.69. The van der Waals surface area contributed by atoms with Gasteiger partial charge in [0.05, 0.1) is 4.91 Å². The number of carbonyl (C=O) groups is 1. The number of nitrogens with zero attached hydrogens (tertiary/aromatic N) is 1. The maximum absolute atomic E-state index is 12.4. The van der Waals surface area contributed by atoms with Crippen LogP contribution >= 0.6 is 24.0 Å². The van der Waals surface area contributed by atoms with Gasteiger partial charge in [0.1, 0.15) is 4.32 Å². The van der Waals surface area contributed by atoms with Crippen molar-refractivity contribution in [1.82, 2.24) is 4.90 Å². The summed E-state index contributed by atoms with van der Waals surface area (Å²) in [5.74, 6) is 0.00735. The Kier molecular flexibility index (Phi) is 3.83. The van der Waals surface area contributed by atoms with Gasteiger partial charge in [0.2, 0.25) is 0 Å². The Balaban J connectivity index is 2.06. The van der Waals surface area contributed by atoms with Crippen LogP contribution in [0.3, 0.4) is 0 Å². The zero-order valence-corrected chi connectivity index (χ0v) is 13.5. The second-order valence-electron chi connectivity index (χ2n) is 5.21. The van der Waals surface area contributed by atoms with Crippen molar-refractivity contribution in [3.8, 4) is 0 Å². The van der Waals surface area contributed by atoms with Crippen molar-refractivity contribution in [2.24, 2.45) is 0 Å². The van der Waals surface area contributed by atoms with Gasteiger partial charge in [-0.3, -0.25) is 9.69 Å². The molecule has 0 atom stereocenters. The number of amides is 1. The van der Waals surface area contributed by atoms with Crippen LogP contribution in [0, 0.1) is 0 Å². The second-order valence-corrected chi connectivity index (χ2v) is 6.89. The number of benzene rings is 2. The molecule has 1 saturated heterocycles. The van der Waals surface area contributed by atoms with E-state index in [1.807, 2.05) is 44.2 Å². The van der Waals surface area contributed by atoms with Crippen LogP contribution < -0.4 is 0 Å². The lowest BCUT2D eigenvalue weighted by Crippen LogP contribution is -2.34. The minimum absolute atomic E-state index is 0.00735. The summed E-state index contributed by atoms with van der Waals surface area (Å²) in [7, 11) is 0. The molecular weight excluding hydrogens is 298 g/mol. The Bertz CT molecular complexity index is 759. The van der Waals surface area contributed by atoms with Gasteiger partial charge in [0.15, 0.2) is 0 Å². The third-order valence-electron chi connectivity index (χ3n) is 3.45. The molecule has 2 nitrogen and oxygen atoms in total. The number of thiocarbonyl (C=S) groups is 1. The number of thioether (sulfide) groups is 1. The minimum atomic E-state index is 0.00735. The standard InChI is InChI=1S/C17H15NOS2/c1-11(2)18-16(19)15(21-17(18)20)10-13-8-5-7-12-6-3-4-9-14(12)13/h3-11H,1-2H3/b15-10-. The molecule has 21 heavy (non-hydrogen) atoms. The molecule has 0 radical (unpaired) electrons. The summed E-state index contributed by atoms with van der Waals surface area (Å²) in [5, 5.41) is 2.32. The Hall–Kier alpha value is -1.65. The van der Waals surface area contributed by atoms with Crippen LogP contribution in [0.1, 0.15) is 19.4 Å². The predicted octanol–water partition coefficient (Wildman–Crippen LogP) is 4.45. The molecule has 0 aliphatic carbocycles. The highest BCUT2D eigenvalue weighted by molar-refractivity contribution is 8.26. The number of carbonyl (C=O) groups excluding carboxylic acids is 1. The molecule has 2 aromatic carbocycles. The summed E-state index contributed by atoms with van der Waals surface area (Å²) in [6.45, 7) is 3.96. The van der Waals surface area contributed by atoms with Gasteiger partial charge < -0.3 is 0 Å². The molecule has 0 N–H and O–H groups in total. The number of rotatable bonds is 2. The molecule has 1 aliphatic rings. The summed E-state index contributed by atoms with van der Waals surface area (Å²) in [6, 6.07) is 14.4. The van der Waals surface area contributed by atoms with E-state index in [0.29, 0.717) is 9.23 Å². The van der Waals surface area contributed by atoms with Gasteiger partial charge >= 0.3 is 0 Å². The van der Waals surface area contributed by atoms with Crippen molar-refractivity contribution in [3.05, 3.63) is 52.9 Å². The Morgan fingerprint density at radius 2 is 1.86 bits per heavy atom. The average Bonchev–Trinajstić information content (AvgIpc) is 2.74. The van der Waals surface area contributed by atoms with Crippen LogP contribution in [0.15, 0.2) is 47.4 Å². The van der Waals surface area contributed by atoms with E-state index in [1.54, 1.807) is 4.90 Å². The molecule has 1 amide bonds. The Morgan fingerprint density at radius 1 is 1.14 bits per heavy atom. The van der Waals surface area contributed by atoms with Gasteiger partial charge in [-0.2, -0.15) is 0 Å². The fraction of sp³-hybridized carbons (Fsp3) is 0.176. The smallest absolute Gasteiger partial charge is 0.266 e. The molecule has 2 aromatic rings. The normalized spacial score (nSPS) is 17.5. The maximum atomic E-state index is 12.4. The third kappa shape index (κ3) is 2.61. The average molecular weight is 313 g/mol. The minimum Gasteiger partial charge on any atom is -0.290 e. The van der Waals surface area contributed by atoms with Gasteiger partial charge in [0, 0.05) is 6.04 Å². The van der Waals surface area contributed by atoms with E-state index in [2.05, 4.69) is 18.2 Å². The highest BCUT2D eigenvalue weighted by Gasteiger charge is 2.33. The lowest BCUT2D eigenvalue weighted by atomic mass is 10.0. The Labute approximate surface area is 133 Å². The monoisotopic (exact) mass is 313 g/mol. The van der Waals surface area contributed by atoms with Crippen molar-refractivity contribution in [2.75, 3.05) is 0 Å². The highest BCUT2D eigenvalue weighted by atomic mass is 32.2.